The third-order valence-electron chi connectivity index (χ3n) is 16.2. The average Bonchev–Trinajstić information content (AvgIpc) is 3.50. The number of carbonyl (C=O) groups is 3. The fourth-order valence-corrected chi connectivity index (χ4v) is 10.8. The molecular formula is C77H138O6. The summed E-state index contributed by atoms with van der Waals surface area (Å²) < 4.78 is 17.0. The molecule has 0 aromatic carbocycles. The Labute approximate surface area is 516 Å². The zero-order valence-electron chi connectivity index (χ0n) is 55.5. The molecule has 0 spiro atoms. The van der Waals surface area contributed by atoms with E-state index >= 15 is 0 Å². The lowest BCUT2D eigenvalue weighted by Crippen LogP contribution is -2.30. The van der Waals surface area contributed by atoms with Crippen molar-refractivity contribution in [3.05, 3.63) is 72.9 Å². The molecule has 0 aliphatic carbocycles. The van der Waals surface area contributed by atoms with Crippen molar-refractivity contribution in [1.82, 2.24) is 0 Å². The third-order valence-corrected chi connectivity index (χ3v) is 16.2. The highest BCUT2D eigenvalue weighted by Gasteiger charge is 2.19. The Balaban J connectivity index is 4.35. The Morgan fingerprint density at radius 2 is 0.470 bits per heavy atom. The van der Waals surface area contributed by atoms with Crippen LogP contribution in [0.25, 0.3) is 0 Å². The number of ether oxygens (including phenoxy) is 3. The van der Waals surface area contributed by atoms with Crippen LogP contribution in [0.15, 0.2) is 72.9 Å². The van der Waals surface area contributed by atoms with Crippen molar-refractivity contribution in [1.29, 1.82) is 0 Å². The Bertz CT molecular complexity index is 1520. The van der Waals surface area contributed by atoms with Gasteiger partial charge in [-0.1, -0.05) is 344 Å². The summed E-state index contributed by atoms with van der Waals surface area (Å²) in [5, 5.41) is 0. The second-order valence-electron chi connectivity index (χ2n) is 24.5. The molecule has 0 aromatic rings. The zero-order chi connectivity index (χ0) is 59.9. The molecule has 0 radical (unpaired) electrons. The molecule has 6 heteroatoms. The van der Waals surface area contributed by atoms with Crippen LogP contribution in [0.1, 0.15) is 380 Å². The predicted octanol–water partition coefficient (Wildman–Crippen LogP) is 25.2. The predicted molar refractivity (Wildman–Crippen MR) is 362 cm³/mol. The van der Waals surface area contributed by atoms with E-state index < -0.39 is 6.10 Å². The van der Waals surface area contributed by atoms with E-state index in [4.69, 9.17) is 14.2 Å². The highest BCUT2D eigenvalue weighted by molar-refractivity contribution is 5.71. The first-order valence-electron chi connectivity index (χ1n) is 36.4. The summed E-state index contributed by atoms with van der Waals surface area (Å²) in [5.41, 5.74) is 0. The molecule has 0 fully saturated rings. The highest BCUT2D eigenvalue weighted by Crippen LogP contribution is 2.18. The van der Waals surface area contributed by atoms with Gasteiger partial charge in [0.25, 0.3) is 0 Å². The number of carbonyl (C=O) groups excluding carboxylic acids is 3. The summed E-state index contributed by atoms with van der Waals surface area (Å²) in [7, 11) is 0. The summed E-state index contributed by atoms with van der Waals surface area (Å²) in [6, 6.07) is 0. The van der Waals surface area contributed by atoms with Crippen LogP contribution in [-0.2, 0) is 28.6 Å². The SMILES string of the molecule is CC/C=C\C/C=C\C/C=C\C/C=C\C/C=C\CCCCCCCCCCCC(=O)OCC(COC(=O)CCCCCCCCCCCCCCCCCCCCC)OC(=O)CCCCCCCCCCC/C=C\CCCCCCCCCC. The van der Waals surface area contributed by atoms with Gasteiger partial charge in [-0.3, -0.25) is 14.4 Å². The number of hydrogen-bond donors (Lipinski definition) is 0. The van der Waals surface area contributed by atoms with Crippen molar-refractivity contribution in [3.8, 4) is 0 Å². The topological polar surface area (TPSA) is 78.9 Å². The van der Waals surface area contributed by atoms with Gasteiger partial charge in [-0.2, -0.15) is 0 Å². The Hall–Kier alpha value is -3.15. The second kappa shape index (κ2) is 71.3. The number of hydrogen-bond acceptors (Lipinski definition) is 6. The van der Waals surface area contributed by atoms with Crippen molar-refractivity contribution in [2.24, 2.45) is 0 Å². The van der Waals surface area contributed by atoms with Crippen LogP contribution in [0.4, 0.5) is 0 Å². The van der Waals surface area contributed by atoms with Crippen molar-refractivity contribution in [2.75, 3.05) is 13.2 Å². The lowest BCUT2D eigenvalue weighted by molar-refractivity contribution is -0.167. The standard InChI is InChI=1S/C77H138O6/c1-4-7-10-13-16-19-22-25-28-31-34-36-37-38-39-41-43-46-49-52-55-58-61-64-67-70-76(79)82-73-74(72-81-75(78)69-66-63-60-57-54-51-48-45-42-33-30-27-24-21-18-15-12-9-6-3)83-77(80)71-68-65-62-59-56-53-50-47-44-40-35-32-29-26-23-20-17-14-11-8-5-2/h7,10,16,19,25,28,32,34-36,38-39,74H,4-6,8-9,11-15,17-18,20-24,26-27,29-31,33,37,40-73H2,1-3H3/b10-7-,19-16-,28-25-,35-32-,36-34-,39-38-. The number of esters is 3. The Morgan fingerprint density at radius 3 is 0.747 bits per heavy atom. The van der Waals surface area contributed by atoms with Gasteiger partial charge in [0.1, 0.15) is 13.2 Å². The third kappa shape index (κ3) is 69.5. The van der Waals surface area contributed by atoms with Crippen LogP contribution in [0, 0.1) is 0 Å². The van der Waals surface area contributed by atoms with E-state index in [1.807, 2.05) is 0 Å². The molecule has 0 aromatic heterocycles. The van der Waals surface area contributed by atoms with Crippen molar-refractivity contribution < 1.29 is 28.6 Å². The monoisotopic (exact) mass is 1160 g/mol. The van der Waals surface area contributed by atoms with Gasteiger partial charge < -0.3 is 14.2 Å². The van der Waals surface area contributed by atoms with Crippen LogP contribution in [0.5, 0.6) is 0 Å². The Kier molecular flexibility index (Phi) is 68.6. The Morgan fingerprint density at radius 1 is 0.253 bits per heavy atom. The van der Waals surface area contributed by atoms with Crippen LogP contribution < -0.4 is 0 Å². The molecule has 0 saturated heterocycles. The molecule has 482 valence electrons. The smallest absolute Gasteiger partial charge is 0.306 e. The molecule has 0 heterocycles. The molecule has 0 saturated carbocycles. The van der Waals surface area contributed by atoms with E-state index in [1.165, 1.54) is 244 Å². The molecule has 0 aliphatic rings. The van der Waals surface area contributed by atoms with E-state index in [1.54, 1.807) is 0 Å². The molecule has 0 bridgehead atoms. The minimum absolute atomic E-state index is 0.0735. The summed E-state index contributed by atoms with van der Waals surface area (Å²) in [6.45, 7) is 6.59. The van der Waals surface area contributed by atoms with E-state index in [9.17, 15) is 14.4 Å². The average molecular weight is 1160 g/mol. The molecule has 0 aliphatic heterocycles. The first-order chi connectivity index (χ1) is 41.0. The quantitative estimate of drug-likeness (QED) is 0.0261. The zero-order valence-corrected chi connectivity index (χ0v) is 55.5. The molecule has 1 atom stereocenters. The summed E-state index contributed by atoms with van der Waals surface area (Å²) in [4.78, 5) is 38.5. The molecule has 0 rings (SSSR count). The van der Waals surface area contributed by atoms with Crippen LogP contribution in [0.3, 0.4) is 0 Å². The molecule has 0 N–H and O–H groups in total. The van der Waals surface area contributed by atoms with Crippen molar-refractivity contribution in [3.63, 3.8) is 0 Å². The minimum Gasteiger partial charge on any atom is -0.462 e. The molecule has 0 amide bonds. The van der Waals surface area contributed by atoms with Crippen molar-refractivity contribution >= 4 is 17.9 Å². The van der Waals surface area contributed by atoms with Crippen LogP contribution in [-0.4, -0.2) is 37.2 Å². The van der Waals surface area contributed by atoms with Crippen LogP contribution >= 0.6 is 0 Å². The largest absolute Gasteiger partial charge is 0.462 e. The van der Waals surface area contributed by atoms with Gasteiger partial charge in [-0.25, -0.2) is 0 Å². The highest BCUT2D eigenvalue weighted by atomic mass is 16.6. The minimum atomic E-state index is -0.780. The van der Waals surface area contributed by atoms with Gasteiger partial charge in [0.05, 0.1) is 0 Å². The molecule has 6 nitrogen and oxygen atoms in total. The molecule has 83 heavy (non-hydrogen) atoms. The van der Waals surface area contributed by atoms with Gasteiger partial charge in [0.15, 0.2) is 6.10 Å². The first-order valence-corrected chi connectivity index (χ1v) is 36.4. The normalized spacial score (nSPS) is 12.5. The number of rotatable bonds is 67. The summed E-state index contributed by atoms with van der Waals surface area (Å²) >= 11 is 0. The fraction of sp³-hybridized carbons (Fsp3) is 0.805. The number of unbranched alkanes of at least 4 members (excludes halogenated alkanes) is 44. The lowest BCUT2D eigenvalue weighted by Gasteiger charge is -2.18. The summed E-state index contributed by atoms with van der Waals surface area (Å²) in [5.74, 6) is -0.856. The van der Waals surface area contributed by atoms with E-state index in [2.05, 4.69) is 93.7 Å². The van der Waals surface area contributed by atoms with E-state index in [0.29, 0.717) is 19.3 Å². The second-order valence-corrected chi connectivity index (χ2v) is 24.5. The summed E-state index contributed by atoms with van der Waals surface area (Å²) in [6.07, 6.45) is 93.5. The van der Waals surface area contributed by atoms with Gasteiger partial charge in [0, 0.05) is 19.3 Å². The first kappa shape index (κ1) is 79.8. The lowest BCUT2D eigenvalue weighted by atomic mass is 10.0. The van der Waals surface area contributed by atoms with E-state index in [0.717, 1.165) is 96.3 Å². The van der Waals surface area contributed by atoms with Gasteiger partial charge >= 0.3 is 17.9 Å². The van der Waals surface area contributed by atoms with E-state index in [-0.39, 0.29) is 31.1 Å². The van der Waals surface area contributed by atoms with Crippen molar-refractivity contribution in [2.45, 2.75) is 386 Å². The van der Waals surface area contributed by atoms with Gasteiger partial charge in [-0.05, 0) is 89.9 Å². The van der Waals surface area contributed by atoms with Gasteiger partial charge in [0.2, 0.25) is 0 Å². The fourth-order valence-electron chi connectivity index (χ4n) is 10.8. The number of allylic oxidation sites excluding steroid dienone is 12. The van der Waals surface area contributed by atoms with Crippen LogP contribution in [0.2, 0.25) is 0 Å². The van der Waals surface area contributed by atoms with Gasteiger partial charge in [-0.15, -0.1) is 0 Å². The maximum absolute atomic E-state index is 13.0. The molecule has 1 unspecified atom stereocenters. The maximum Gasteiger partial charge on any atom is 0.306 e. The molecular weight excluding hydrogens is 1020 g/mol. The maximum atomic E-state index is 13.0.